The third-order valence-electron chi connectivity index (χ3n) is 2.68. The Bertz CT molecular complexity index is 596. The van der Waals surface area contributed by atoms with E-state index in [0.717, 1.165) is 5.56 Å². The molecule has 0 aliphatic carbocycles. The zero-order valence-corrected chi connectivity index (χ0v) is 9.27. The summed E-state index contributed by atoms with van der Waals surface area (Å²) in [6, 6.07) is 3.36. The Labute approximate surface area is 95.4 Å². The number of aromatic nitrogens is 1. The van der Waals surface area contributed by atoms with Crippen LogP contribution in [0.5, 0.6) is 0 Å². The average Bonchev–Trinajstić information content (AvgIpc) is 2.55. The number of aldehydes is 1. The molecule has 0 amide bonds. The van der Waals surface area contributed by atoms with Crippen molar-refractivity contribution < 1.29 is 18.0 Å². The summed E-state index contributed by atoms with van der Waals surface area (Å²) in [6.45, 7) is 3.48. The van der Waals surface area contributed by atoms with E-state index in [4.69, 9.17) is 0 Å². The fourth-order valence-electron chi connectivity index (χ4n) is 2.09. The predicted molar refractivity (Wildman–Crippen MR) is 58.2 cm³/mol. The lowest BCUT2D eigenvalue weighted by atomic mass is 10.0. The molecule has 0 saturated carbocycles. The van der Waals surface area contributed by atoms with Crippen LogP contribution in [0.25, 0.3) is 10.9 Å². The van der Waals surface area contributed by atoms with Gasteiger partial charge in [0.1, 0.15) is 5.69 Å². The topological polar surface area (TPSA) is 32.9 Å². The van der Waals surface area contributed by atoms with Gasteiger partial charge < -0.3 is 4.98 Å². The molecule has 0 saturated heterocycles. The third-order valence-corrected chi connectivity index (χ3v) is 2.68. The van der Waals surface area contributed by atoms with Crippen LogP contribution in [0.3, 0.4) is 0 Å². The summed E-state index contributed by atoms with van der Waals surface area (Å²) >= 11 is 0. The van der Waals surface area contributed by atoms with Crippen LogP contribution in [-0.2, 0) is 6.18 Å². The molecule has 2 aromatic rings. The van der Waals surface area contributed by atoms with Gasteiger partial charge in [-0.15, -0.1) is 0 Å². The number of halogens is 3. The zero-order valence-electron chi connectivity index (χ0n) is 9.27. The Kier molecular flexibility index (Phi) is 2.49. The molecule has 1 aromatic heterocycles. The van der Waals surface area contributed by atoms with Crippen molar-refractivity contribution in [2.75, 3.05) is 0 Å². The summed E-state index contributed by atoms with van der Waals surface area (Å²) in [5.74, 6) is 0. The smallest absolute Gasteiger partial charge is 0.350 e. The molecule has 1 heterocycles. The highest BCUT2D eigenvalue weighted by Crippen LogP contribution is 2.36. The molecule has 0 radical (unpaired) electrons. The van der Waals surface area contributed by atoms with Crippen molar-refractivity contribution in [3.63, 3.8) is 0 Å². The number of rotatable bonds is 1. The van der Waals surface area contributed by atoms with Gasteiger partial charge in [0.05, 0.1) is 5.56 Å². The number of benzene rings is 1. The van der Waals surface area contributed by atoms with Crippen LogP contribution in [0.2, 0.25) is 0 Å². The SMILES string of the molecule is Cc1cc(C)c2c(C=O)c(C(F)(F)F)[nH]c2c1. The Morgan fingerprint density at radius 2 is 1.88 bits per heavy atom. The van der Waals surface area contributed by atoms with Crippen LogP contribution in [0, 0.1) is 13.8 Å². The first-order valence-corrected chi connectivity index (χ1v) is 5.00. The van der Waals surface area contributed by atoms with Gasteiger partial charge in [0.25, 0.3) is 0 Å². The molecule has 2 rings (SSSR count). The first-order valence-electron chi connectivity index (χ1n) is 5.00. The van der Waals surface area contributed by atoms with Crippen molar-refractivity contribution in [2.45, 2.75) is 20.0 Å². The van der Waals surface area contributed by atoms with Crippen molar-refractivity contribution in [2.24, 2.45) is 0 Å². The van der Waals surface area contributed by atoms with Gasteiger partial charge in [0.2, 0.25) is 0 Å². The Morgan fingerprint density at radius 3 is 2.41 bits per heavy atom. The van der Waals surface area contributed by atoms with Gasteiger partial charge in [-0.1, -0.05) is 6.07 Å². The standard InChI is InChI=1S/C12H10F3NO/c1-6-3-7(2)10-8(5-17)11(12(13,14)15)16-9(10)4-6/h3-5,16H,1-2H3. The fraction of sp³-hybridized carbons (Fsp3) is 0.250. The van der Waals surface area contributed by atoms with Gasteiger partial charge >= 0.3 is 6.18 Å². The van der Waals surface area contributed by atoms with E-state index >= 15 is 0 Å². The van der Waals surface area contributed by atoms with Gasteiger partial charge in [0, 0.05) is 10.9 Å². The summed E-state index contributed by atoms with van der Waals surface area (Å²) in [5.41, 5.74) is 0.564. The lowest BCUT2D eigenvalue weighted by Crippen LogP contribution is -2.08. The quantitative estimate of drug-likeness (QED) is 0.760. The Balaban J connectivity index is 2.90. The molecule has 0 aliphatic heterocycles. The number of nitrogens with one attached hydrogen (secondary N) is 1. The number of H-pyrrole nitrogens is 1. The lowest BCUT2D eigenvalue weighted by molar-refractivity contribution is -0.140. The van der Waals surface area contributed by atoms with Gasteiger partial charge in [-0.25, -0.2) is 0 Å². The van der Waals surface area contributed by atoms with Crippen molar-refractivity contribution in [3.8, 4) is 0 Å². The van der Waals surface area contributed by atoms with E-state index < -0.39 is 11.9 Å². The first-order chi connectivity index (χ1) is 7.84. The van der Waals surface area contributed by atoms with Gasteiger partial charge in [-0.05, 0) is 31.0 Å². The van der Waals surface area contributed by atoms with Gasteiger partial charge in [-0.2, -0.15) is 13.2 Å². The van der Waals surface area contributed by atoms with E-state index in [2.05, 4.69) is 4.98 Å². The minimum absolute atomic E-state index is 0.254. The second-order valence-electron chi connectivity index (χ2n) is 4.03. The number of hydrogen-bond acceptors (Lipinski definition) is 1. The molecule has 0 atom stereocenters. The maximum absolute atomic E-state index is 12.7. The summed E-state index contributed by atoms with van der Waals surface area (Å²) in [7, 11) is 0. The molecule has 0 aliphatic rings. The normalized spacial score (nSPS) is 12.1. The average molecular weight is 241 g/mol. The predicted octanol–water partition coefficient (Wildman–Crippen LogP) is 3.62. The van der Waals surface area contributed by atoms with E-state index in [1.165, 1.54) is 0 Å². The van der Waals surface area contributed by atoms with Crippen molar-refractivity contribution in [1.29, 1.82) is 0 Å². The summed E-state index contributed by atoms with van der Waals surface area (Å²) in [5, 5.41) is 0.345. The monoisotopic (exact) mass is 241 g/mol. The number of carbonyl (C=O) groups excluding carboxylic acids is 1. The van der Waals surface area contributed by atoms with Gasteiger partial charge in [-0.3, -0.25) is 4.79 Å². The Morgan fingerprint density at radius 1 is 1.24 bits per heavy atom. The first kappa shape index (κ1) is 11.7. The second-order valence-corrected chi connectivity index (χ2v) is 4.03. The highest BCUT2D eigenvalue weighted by atomic mass is 19.4. The largest absolute Gasteiger partial charge is 0.431 e. The van der Waals surface area contributed by atoms with E-state index in [-0.39, 0.29) is 11.8 Å². The van der Waals surface area contributed by atoms with Crippen LogP contribution >= 0.6 is 0 Å². The van der Waals surface area contributed by atoms with Crippen LogP contribution in [0.1, 0.15) is 27.2 Å². The van der Waals surface area contributed by atoms with Crippen LogP contribution in [0.15, 0.2) is 12.1 Å². The van der Waals surface area contributed by atoms with Crippen molar-refractivity contribution in [3.05, 3.63) is 34.5 Å². The second kappa shape index (κ2) is 3.61. The van der Waals surface area contributed by atoms with Crippen molar-refractivity contribution in [1.82, 2.24) is 4.98 Å². The molecular weight excluding hydrogens is 231 g/mol. The number of aromatic amines is 1. The molecule has 1 N–H and O–H groups in total. The van der Waals surface area contributed by atoms with Gasteiger partial charge in [0.15, 0.2) is 6.29 Å². The highest BCUT2D eigenvalue weighted by molar-refractivity contribution is 6.01. The molecule has 5 heteroatoms. The van der Waals surface area contributed by atoms with E-state index in [0.29, 0.717) is 16.5 Å². The number of aryl methyl sites for hydroxylation is 2. The van der Waals surface area contributed by atoms with Crippen LogP contribution in [-0.4, -0.2) is 11.3 Å². The maximum atomic E-state index is 12.7. The molecule has 2 nitrogen and oxygen atoms in total. The number of alkyl halides is 3. The number of hydrogen-bond donors (Lipinski definition) is 1. The minimum atomic E-state index is -4.55. The van der Waals surface area contributed by atoms with E-state index in [9.17, 15) is 18.0 Å². The Hall–Kier alpha value is -1.78. The number of fused-ring (bicyclic) bond motifs is 1. The van der Waals surface area contributed by atoms with Crippen molar-refractivity contribution >= 4 is 17.2 Å². The van der Waals surface area contributed by atoms with E-state index in [1.54, 1.807) is 26.0 Å². The molecule has 17 heavy (non-hydrogen) atoms. The number of carbonyl (C=O) groups is 1. The molecule has 0 unspecified atom stereocenters. The molecule has 0 spiro atoms. The molecular formula is C12H10F3NO. The summed E-state index contributed by atoms with van der Waals surface area (Å²) in [4.78, 5) is 13.1. The fourth-order valence-corrected chi connectivity index (χ4v) is 2.09. The molecule has 1 aromatic carbocycles. The summed E-state index contributed by atoms with van der Waals surface area (Å²) in [6.07, 6.45) is -4.29. The van der Waals surface area contributed by atoms with Crippen LogP contribution < -0.4 is 0 Å². The molecule has 0 fully saturated rings. The summed E-state index contributed by atoms with van der Waals surface area (Å²) < 4.78 is 38.1. The lowest BCUT2D eigenvalue weighted by Gasteiger charge is -2.03. The molecule has 0 bridgehead atoms. The highest BCUT2D eigenvalue weighted by Gasteiger charge is 2.36. The zero-order chi connectivity index (χ0) is 12.8. The third kappa shape index (κ3) is 1.81. The van der Waals surface area contributed by atoms with E-state index in [1.807, 2.05) is 0 Å². The maximum Gasteiger partial charge on any atom is 0.431 e. The molecule has 90 valence electrons. The van der Waals surface area contributed by atoms with Crippen LogP contribution in [0.4, 0.5) is 13.2 Å². The minimum Gasteiger partial charge on any atom is -0.350 e.